The number of hydrogen-bond acceptors (Lipinski definition) is 5. The third-order valence-corrected chi connectivity index (χ3v) is 0.234. The van der Waals surface area contributed by atoms with E-state index in [-0.39, 0.29) is 0 Å². The van der Waals surface area contributed by atoms with E-state index in [0.29, 0.717) is 0 Å². The molecule has 0 saturated heterocycles. The molecule has 3 N–H and O–H groups in total. The molecule has 0 fully saturated rings. The van der Waals surface area contributed by atoms with Gasteiger partial charge in [0.2, 0.25) is 0 Å². The first kappa shape index (κ1) is 6.48. The van der Waals surface area contributed by atoms with Gasteiger partial charge in [-0.2, -0.15) is 5.11 Å². The molecule has 0 spiro atoms. The maximum atomic E-state index is 7.87. The molecule has 0 radical (unpaired) electrons. The fourth-order valence-electron chi connectivity index (χ4n) is 0.134. The van der Waals surface area contributed by atoms with Crippen LogP contribution < -0.4 is 0 Å². The summed E-state index contributed by atoms with van der Waals surface area (Å²) in [6, 6.07) is 0. The quantitative estimate of drug-likeness (QED) is 0.285. The van der Waals surface area contributed by atoms with Crippen LogP contribution in [0.2, 0.25) is 0 Å². The summed E-state index contributed by atoms with van der Waals surface area (Å²) in [5.41, 5.74) is 0. The van der Waals surface area contributed by atoms with Crippen LogP contribution in [0.3, 0.4) is 0 Å². The van der Waals surface area contributed by atoms with Gasteiger partial charge in [0.15, 0.2) is 0 Å². The topological polar surface area (TPSA) is 85.4 Å². The Morgan fingerprint density at radius 1 is 1.29 bits per heavy atom. The first-order valence-electron chi connectivity index (χ1n) is 1.54. The van der Waals surface area contributed by atoms with Crippen molar-refractivity contribution in [2.45, 2.75) is 6.10 Å². The van der Waals surface area contributed by atoms with Crippen molar-refractivity contribution in [2.24, 2.45) is 10.2 Å². The molecule has 0 aliphatic heterocycles. The van der Waals surface area contributed by atoms with Crippen molar-refractivity contribution in [3.63, 3.8) is 0 Å². The molecule has 5 nitrogen and oxygen atoms in total. The fraction of sp³-hybridized carbons (Fsp3) is 1.00. The minimum atomic E-state index is -2.99. The van der Waals surface area contributed by atoms with Crippen molar-refractivity contribution in [1.29, 1.82) is 0 Å². The number of hydrogen-bond donors (Lipinski definition) is 3. The number of rotatable bonds is 1. The Bertz CT molecular complexity index is 73.5. The molecular weight excluding hydrogens is 100 g/mol. The van der Waals surface area contributed by atoms with Gasteiger partial charge in [0, 0.05) is 7.05 Å². The Labute approximate surface area is 39.9 Å². The molecule has 0 heterocycles. The molecule has 0 atom stereocenters. The fourth-order valence-corrected chi connectivity index (χ4v) is 0.134. The van der Waals surface area contributed by atoms with Crippen LogP contribution in [-0.4, -0.2) is 28.5 Å². The Kier molecular flexibility index (Phi) is 1.82. The predicted molar refractivity (Wildman–Crippen MR) is 20.2 cm³/mol. The SMILES string of the molecule is CN=NC(O)(O)O. The lowest BCUT2D eigenvalue weighted by atomic mass is 11.0. The summed E-state index contributed by atoms with van der Waals surface area (Å²) in [4.78, 5) is 0. The Morgan fingerprint density at radius 3 is 1.71 bits per heavy atom. The van der Waals surface area contributed by atoms with Gasteiger partial charge in [-0.05, 0) is 0 Å². The van der Waals surface area contributed by atoms with Crippen molar-refractivity contribution >= 4 is 0 Å². The van der Waals surface area contributed by atoms with Crippen LogP contribution in [0.1, 0.15) is 0 Å². The van der Waals surface area contributed by atoms with Crippen LogP contribution in [-0.2, 0) is 0 Å². The molecule has 0 aromatic rings. The molecule has 7 heavy (non-hydrogen) atoms. The van der Waals surface area contributed by atoms with Crippen molar-refractivity contribution < 1.29 is 15.3 Å². The lowest BCUT2D eigenvalue weighted by Gasteiger charge is -2.01. The summed E-state index contributed by atoms with van der Waals surface area (Å²) in [7, 11) is 1.21. The van der Waals surface area contributed by atoms with Crippen molar-refractivity contribution in [3.8, 4) is 0 Å². The van der Waals surface area contributed by atoms with E-state index in [1.807, 2.05) is 0 Å². The van der Waals surface area contributed by atoms with Gasteiger partial charge in [-0.1, -0.05) is 0 Å². The average Bonchev–Trinajstić information content (AvgIpc) is 1.30. The normalized spacial score (nSPS) is 13.1. The van der Waals surface area contributed by atoms with Gasteiger partial charge < -0.3 is 15.3 Å². The molecule has 5 heteroatoms. The van der Waals surface area contributed by atoms with E-state index >= 15 is 0 Å². The van der Waals surface area contributed by atoms with Crippen molar-refractivity contribution in [1.82, 2.24) is 0 Å². The Balaban J connectivity index is 3.56. The molecule has 0 rings (SSSR count). The van der Waals surface area contributed by atoms with Gasteiger partial charge in [-0.15, -0.1) is 5.11 Å². The van der Waals surface area contributed by atoms with Crippen LogP contribution in [0, 0.1) is 0 Å². The molecular formula is C2H6N2O3. The maximum Gasteiger partial charge on any atom is 0.405 e. The van der Waals surface area contributed by atoms with E-state index in [4.69, 9.17) is 15.3 Å². The largest absolute Gasteiger partial charge is 0.405 e. The first-order chi connectivity index (χ1) is 3.06. The molecule has 0 bridgehead atoms. The Hall–Kier alpha value is -0.520. The molecule has 0 aliphatic carbocycles. The molecule has 0 unspecified atom stereocenters. The molecule has 0 saturated carbocycles. The standard InChI is InChI=1S/C2H6N2O3/c1-3-4-2(5,6)7/h5-7H,1H3. The number of azo groups is 1. The zero-order valence-corrected chi connectivity index (χ0v) is 3.74. The minimum Gasteiger partial charge on any atom is -0.323 e. The zero-order chi connectivity index (χ0) is 5.91. The highest BCUT2D eigenvalue weighted by Gasteiger charge is 2.14. The second-order valence-corrected chi connectivity index (χ2v) is 0.900. The molecule has 0 amide bonds. The van der Waals surface area contributed by atoms with Gasteiger partial charge in [0.25, 0.3) is 0 Å². The van der Waals surface area contributed by atoms with Gasteiger partial charge in [0.1, 0.15) is 0 Å². The van der Waals surface area contributed by atoms with Gasteiger partial charge in [-0.3, -0.25) is 0 Å². The summed E-state index contributed by atoms with van der Waals surface area (Å²) < 4.78 is 0. The molecule has 0 aromatic heterocycles. The highest BCUT2D eigenvalue weighted by Crippen LogP contribution is 1.91. The predicted octanol–water partition coefficient (Wildman–Crippen LogP) is -1.34. The lowest BCUT2D eigenvalue weighted by Crippen LogP contribution is -2.22. The zero-order valence-electron chi connectivity index (χ0n) is 3.74. The average molecular weight is 106 g/mol. The van der Waals surface area contributed by atoms with E-state index in [1.165, 1.54) is 7.05 Å². The molecule has 0 aromatic carbocycles. The van der Waals surface area contributed by atoms with Crippen LogP contribution in [0.25, 0.3) is 0 Å². The van der Waals surface area contributed by atoms with E-state index in [9.17, 15) is 0 Å². The summed E-state index contributed by atoms with van der Waals surface area (Å²) in [6.45, 7) is 0. The lowest BCUT2D eigenvalue weighted by molar-refractivity contribution is -0.308. The first-order valence-corrected chi connectivity index (χ1v) is 1.54. The maximum absolute atomic E-state index is 7.87. The van der Waals surface area contributed by atoms with Crippen molar-refractivity contribution in [3.05, 3.63) is 0 Å². The van der Waals surface area contributed by atoms with E-state index in [2.05, 4.69) is 10.2 Å². The van der Waals surface area contributed by atoms with Gasteiger partial charge >= 0.3 is 6.10 Å². The van der Waals surface area contributed by atoms with Crippen LogP contribution in [0.5, 0.6) is 0 Å². The molecule has 42 valence electrons. The smallest absolute Gasteiger partial charge is 0.323 e. The third kappa shape index (κ3) is 5.48. The highest BCUT2D eigenvalue weighted by molar-refractivity contribution is 4.29. The minimum absolute atomic E-state index is 1.21. The summed E-state index contributed by atoms with van der Waals surface area (Å²) in [6.07, 6.45) is -2.99. The summed E-state index contributed by atoms with van der Waals surface area (Å²) in [5, 5.41) is 29.0. The van der Waals surface area contributed by atoms with Crippen LogP contribution in [0.15, 0.2) is 10.2 Å². The van der Waals surface area contributed by atoms with Crippen molar-refractivity contribution in [2.75, 3.05) is 7.05 Å². The van der Waals surface area contributed by atoms with E-state index < -0.39 is 6.10 Å². The Morgan fingerprint density at radius 2 is 1.71 bits per heavy atom. The van der Waals surface area contributed by atoms with Gasteiger partial charge in [-0.25, -0.2) is 0 Å². The number of aliphatic hydroxyl groups is 3. The molecule has 0 aliphatic rings. The summed E-state index contributed by atoms with van der Waals surface area (Å²) >= 11 is 0. The number of nitrogens with zero attached hydrogens (tertiary/aromatic N) is 2. The third-order valence-electron chi connectivity index (χ3n) is 0.234. The summed E-state index contributed by atoms with van der Waals surface area (Å²) in [5.74, 6) is 0. The van der Waals surface area contributed by atoms with Gasteiger partial charge in [0.05, 0.1) is 0 Å². The van der Waals surface area contributed by atoms with E-state index in [0.717, 1.165) is 0 Å². The van der Waals surface area contributed by atoms with Crippen LogP contribution >= 0.6 is 0 Å². The second-order valence-electron chi connectivity index (χ2n) is 0.900. The van der Waals surface area contributed by atoms with E-state index in [1.54, 1.807) is 0 Å². The highest BCUT2D eigenvalue weighted by atomic mass is 16.7. The van der Waals surface area contributed by atoms with Crippen LogP contribution in [0.4, 0.5) is 0 Å². The monoisotopic (exact) mass is 106 g/mol. The second kappa shape index (κ2) is 1.97.